The summed E-state index contributed by atoms with van der Waals surface area (Å²) in [6.07, 6.45) is 6.28. The highest BCUT2D eigenvalue weighted by atomic mass is 32.2. The Morgan fingerprint density at radius 3 is 2.38 bits per heavy atom. The van der Waals surface area contributed by atoms with Crippen molar-refractivity contribution in [1.29, 1.82) is 0 Å². The van der Waals surface area contributed by atoms with Crippen LogP contribution in [0.15, 0.2) is 23.2 Å². The van der Waals surface area contributed by atoms with Gasteiger partial charge in [0.2, 0.25) is 10.0 Å². The minimum atomic E-state index is -3.51. The highest BCUT2D eigenvalue weighted by molar-refractivity contribution is 7.89. The van der Waals surface area contributed by atoms with E-state index >= 15 is 0 Å². The van der Waals surface area contributed by atoms with Crippen molar-refractivity contribution < 1.29 is 8.42 Å². The van der Waals surface area contributed by atoms with Gasteiger partial charge in [-0.2, -0.15) is 0 Å². The molecule has 7 heteroatoms. The Balaban J connectivity index is 1.66. The lowest BCUT2D eigenvalue weighted by Crippen LogP contribution is -2.31. The lowest BCUT2D eigenvalue weighted by molar-refractivity contribution is 0.401. The van der Waals surface area contributed by atoms with Crippen molar-refractivity contribution in [2.45, 2.75) is 30.6 Å². The number of nitrogens with one attached hydrogen (secondary N) is 1. The zero-order valence-corrected chi connectivity index (χ0v) is 13.3. The Kier molecular flexibility index (Phi) is 3.98. The SMILES string of the molecule is NC(=S)c1ccc(S(=O)(=O)NCC(C2CC2)C2CC2)cn1. The Labute approximate surface area is 130 Å². The van der Waals surface area contributed by atoms with Crippen LogP contribution in [0.2, 0.25) is 0 Å². The van der Waals surface area contributed by atoms with Crippen LogP contribution in [0.5, 0.6) is 0 Å². The van der Waals surface area contributed by atoms with Gasteiger partial charge in [-0.3, -0.25) is 4.98 Å². The molecule has 1 heterocycles. The van der Waals surface area contributed by atoms with E-state index in [0.29, 0.717) is 18.2 Å². The van der Waals surface area contributed by atoms with E-state index < -0.39 is 10.0 Å². The number of hydrogen-bond acceptors (Lipinski definition) is 4. The molecular weight excluding hydrogens is 306 g/mol. The molecule has 2 aliphatic rings. The van der Waals surface area contributed by atoms with Crippen LogP contribution < -0.4 is 10.5 Å². The predicted octanol–water partition coefficient (Wildman–Crippen LogP) is 1.43. The molecule has 0 aliphatic heterocycles. The van der Waals surface area contributed by atoms with Gasteiger partial charge >= 0.3 is 0 Å². The van der Waals surface area contributed by atoms with Gasteiger partial charge in [0, 0.05) is 12.7 Å². The molecule has 0 amide bonds. The number of pyridine rings is 1. The van der Waals surface area contributed by atoms with Gasteiger partial charge in [0.05, 0.1) is 5.69 Å². The standard InChI is InChI=1S/C14H19N3O2S2/c15-14(20)13-6-5-11(7-16-13)21(18,19)17-8-12(9-1-2-9)10-3-4-10/h5-7,9-10,12,17H,1-4,8H2,(H2,15,20). The summed E-state index contributed by atoms with van der Waals surface area (Å²) in [7, 11) is -3.51. The van der Waals surface area contributed by atoms with E-state index in [9.17, 15) is 8.42 Å². The summed E-state index contributed by atoms with van der Waals surface area (Å²) >= 11 is 4.81. The number of thiocarbonyl (C=S) groups is 1. The number of hydrogen-bond donors (Lipinski definition) is 2. The number of aromatic nitrogens is 1. The summed E-state index contributed by atoms with van der Waals surface area (Å²) < 4.78 is 27.3. The van der Waals surface area contributed by atoms with Gasteiger partial charge in [-0.1, -0.05) is 12.2 Å². The highest BCUT2D eigenvalue weighted by Crippen LogP contribution is 2.48. The molecule has 1 aromatic rings. The first-order chi connectivity index (χ1) is 9.97. The number of sulfonamides is 1. The second kappa shape index (κ2) is 5.62. The summed E-state index contributed by atoms with van der Waals surface area (Å²) in [6.45, 7) is 0.536. The Bertz CT molecular complexity index is 623. The molecule has 3 N–H and O–H groups in total. The Morgan fingerprint density at radius 2 is 1.95 bits per heavy atom. The van der Waals surface area contributed by atoms with Crippen LogP contribution in [0.4, 0.5) is 0 Å². The maximum absolute atomic E-state index is 12.3. The van der Waals surface area contributed by atoms with Gasteiger partial charge in [0.1, 0.15) is 9.88 Å². The molecule has 0 aromatic carbocycles. The summed E-state index contributed by atoms with van der Waals surface area (Å²) in [5.41, 5.74) is 5.88. The smallest absolute Gasteiger partial charge is 0.242 e. The molecule has 2 saturated carbocycles. The van der Waals surface area contributed by atoms with Gasteiger partial charge in [-0.15, -0.1) is 0 Å². The normalized spacial score (nSPS) is 18.9. The molecule has 0 bridgehead atoms. The van der Waals surface area contributed by atoms with E-state index in [-0.39, 0.29) is 9.88 Å². The average molecular weight is 325 g/mol. The van der Waals surface area contributed by atoms with Crippen molar-refractivity contribution in [2.75, 3.05) is 6.54 Å². The molecule has 2 fully saturated rings. The molecule has 0 unspecified atom stereocenters. The first-order valence-corrected chi connectivity index (χ1v) is 9.12. The van der Waals surface area contributed by atoms with Crippen LogP contribution in [-0.4, -0.2) is 24.9 Å². The van der Waals surface area contributed by atoms with Crippen molar-refractivity contribution in [3.05, 3.63) is 24.0 Å². The summed E-state index contributed by atoms with van der Waals surface area (Å²) in [5.74, 6) is 1.94. The van der Waals surface area contributed by atoms with Crippen molar-refractivity contribution in [2.24, 2.45) is 23.5 Å². The Morgan fingerprint density at radius 1 is 1.33 bits per heavy atom. The summed E-state index contributed by atoms with van der Waals surface area (Å²) in [4.78, 5) is 4.30. The summed E-state index contributed by atoms with van der Waals surface area (Å²) in [5, 5.41) is 0. The van der Waals surface area contributed by atoms with Gasteiger partial charge in [-0.05, 0) is 55.6 Å². The molecule has 2 aliphatic carbocycles. The molecule has 0 radical (unpaired) electrons. The fourth-order valence-electron chi connectivity index (χ4n) is 2.74. The maximum Gasteiger partial charge on any atom is 0.242 e. The molecular formula is C14H19N3O2S2. The second-order valence-electron chi connectivity index (χ2n) is 5.93. The molecule has 21 heavy (non-hydrogen) atoms. The monoisotopic (exact) mass is 325 g/mol. The van der Waals surface area contributed by atoms with Crippen molar-refractivity contribution in [3.8, 4) is 0 Å². The zero-order chi connectivity index (χ0) is 15.0. The van der Waals surface area contributed by atoms with Crippen molar-refractivity contribution in [3.63, 3.8) is 0 Å². The Hall–Kier alpha value is -1.05. The molecule has 0 atom stereocenters. The van der Waals surface area contributed by atoms with Gasteiger partial charge < -0.3 is 5.73 Å². The molecule has 5 nitrogen and oxygen atoms in total. The second-order valence-corrected chi connectivity index (χ2v) is 8.14. The molecule has 0 saturated heterocycles. The van der Waals surface area contributed by atoms with E-state index in [1.54, 1.807) is 0 Å². The van der Waals surface area contributed by atoms with Crippen LogP contribution >= 0.6 is 12.2 Å². The van der Waals surface area contributed by atoms with E-state index in [1.165, 1.54) is 44.0 Å². The van der Waals surface area contributed by atoms with Crippen LogP contribution in [0.1, 0.15) is 31.4 Å². The molecule has 1 aromatic heterocycles. The van der Waals surface area contributed by atoms with Gasteiger partial charge in [0.25, 0.3) is 0 Å². The van der Waals surface area contributed by atoms with E-state index in [4.69, 9.17) is 18.0 Å². The minimum Gasteiger partial charge on any atom is -0.388 e. The fraction of sp³-hybridized carbons (Fsp3) is 0.571. The van der Waals surface area contributed by atoms with E-state index in [1.807, 2.05) is 0 Å². The first kappa shape index (κ1) is 14.9. The number of nitrogens with zero attached hydrogens (tertiary/aromatic N) is 1. The van der Waals surface area contributed by atoms with Crippen molar-refractivity contribution >= 4 is 27.2 Å². The lowest BCUT2D eigenvalue weighted by atomic mass is 9.99. The van der Waals surface area contributed by atoms with E-state index in [2.05, 4.69) is 9.71 Å². The van der Waals surface area contributed by atoms with E-state index in [0.717, 1.165) is 11.8 Å². The predicted molar refractivity (Wildman–Crippen MR) is 84.3 cm³/mol. The van der Waals surface area contributed by atoms with Crippen LogP contribution in [-0.2, 0) is 10.0 Å². The van der Waals surface area contributed by atoms with Crippen molar-refractivity contribution in [1.82, 2.24) is 9.71 Å². The van der Waals surface area contributed by atoms with Crippen LogP contribution in [0.3, 0.4) is 0 Å². The largest absolute Gasteiger partial charge is 0.388 e. The first-order valence-electron chi connectivity index (χ1n) is 7.23. The fourth-order valence-corrected chi connectivity index (χ4v) is 3.88. The van der Waals surface area contributed by atoms with Crippen LogP contribution in [0, 0.1) is 17.8 Å². The lowest BCUT2D eigenvalue weighted by Gasteiger charge is -2.16. The summed E-state index contributed by atoms with van der Waals surface area (Å²) in [6, 6.07) is 3.03. The molecule has 0 spiro atoms. The average Bonchev–Trinajstić information content (AvgIpc) is 3.32. The quantitative estimate of drug-likeness (QED) is 0.741. The minimum absolute atomic E-state index is 0.160. The third-order valence-electron chi connectivity index (χ3n) is 4.26. The topological polar surface area (TPSA) is 85.1 Å². The van der Waals surface area contributed by atoms with Gasteiger partial charge in [-0.25, -0.2) is 13.1 Å². The third kappa shape index (κ3) is 3.59. The molecule has 3 rings (SSSR count). The third-order valence-corrected chi connectivity index (χ3v) is 5.88. The van der Waals surface area contributed by atoms with Gasteiger partial charge in [0.15, 0.2) is 0 Å². The highest BCUT2D eigenvalue weighted by Gasteiger charge is 2.41. The maximum atomic E-state index is 12.3. The van der Waals surface area contributed by atoms with Crippen LogP contribution in [0.25, 0.3) is 0 Å². The molecule has 114 valence electrons. The number of nitrogens with two attached hydrogens (primary N) is 1. The number of rotatable bonds is 7. The zero-order valence-electron chi connectivity index (χ0n) is 11.7.